The molecule has 0 fully saturated rings. The smallest absolute Gasteiger partial charge is 0.339 e. The van der Waals surface area contributed by atoms with Crippen LogP contribution in [0.4, 0.5) is 8.78 Å². The summed E-state index contributed by atoms with van der Waals surface area (Å²) in [6.07, 6.45) is 1.28. The minimum atomic E-state index is -0.701. The maximum absolute atomic E-state index is 13.5. The van der Waals surface area contributed by atoms with Crippen molar-refractivity contribution in [3.63, 3.8) is 0 Å². The molecule has 5 heteroatoms. The van der Waals surface area contributed by atoms with Gasteiger partial charge in [-0.15, -0.1) is 0 Å². The van der Waals surface area contributed by atoms with E-state index in [0.29, 0.717) is 5.69 Å². The van der Waals surface area contributed by atoms with Crippen molar-refractivity contribution in [1.82, 2.24) is 4.98 Å². The van der Waals surface area contributed by atoms with Gasteiger partial charge in [0.2, 0.25) is 0 Å². The Morgan fingerprint density at radius 3 is 2.56 bits per heavy atom. The van der Waals surface area contributed by atoms with E-state index in [0.717, 1.165) is 12.1 Å². The highest BCUT2D eigenvalue weighted by atomic mass is 19.1. The van der Waals surface area contributed by atoms with Gasteiger partial charge < -0.3 is 4.74 Å². The Kier molecular flexibility index (Phi) is 3.32. The van der Waals surface area contributed by atoms with Crippen LogP contribution in [0.15, 0.2) is 36.5 Å². The van der Waals surface area contributed by atoms with Crippen molar-refractivity contribution >= 4 is 5.97 Å². The first-order chi connectivity index (χ1) is 8.61. The fourth-order valence-electron chi connectivity index (χ4n) is 1.49. The van der Waals surface area contributed by atoms with E-state index in [2.05, 4.69) is 9.72 Å². The van der Waals surface area contributed by atoms with E-state index in [4.69, 9.17) is 0 Å². The van der Waals surface area contributed by atoms with Crippen LogP contribution in [0.2, 0.25) is 0 Å². The number of nitrogens with zero attached hydrogens (tertiary/aromatic N) is 1. The Labute approximate surface area is 102 Å². The van der Waals surface area contributed by atoms with Crippen LogP contribution in [0.1, 0.15) is 10.4 Å². The van der Waals surface area contributed by atoms with Crippen molar-refractivity contribution in [2.75, 3.05) is 7.11 Å². The normalized spacial score (nSPS) is 10.2. The lowest BCUT2D eigenvalue weighted by Gasteiger charge is -2.04. The number of halogens is 2. The summed E-state index contributed by atoms with van der Waals surface area (Å²) < 4.78 is 30.8. The van der Waals surface area contributed by atoms with E-state index in [9.17, 15) is 13.6 Å². The second kappa shape index (κ2) is 4.91. The number of hydrogen-bond donors (Lipinski definition) is 0. The average Bonchev–Trinajstić information content (AvgIpc) is 2.38. The fourth-order valence-corrected chi connectivity index (χ4v) is 1.49. The molecule has 0 amide bonds. The van der Waals surface area contributed by atoms with Gasteiger partial charge in [-0.2, -0.15) is 0 Å². The number of hydrogen-bond acceptors (Lipinski definition) is 3. The van der Waals surface area contributed by atoms with Gasteiger partial charge in [-0.25, -0.2) is 13.6 Å². The molecule has 1 heterocycles. The Morgan fingerprint density at radius 2 is 2.00 bits per heavy atom. The van der Waals surface area contributed by atoms with Crippen LogP contribution in [-0.2, 0) is 4.74 Å². The number of carbonyl (C=O) groups is 1. The summed E-state index contributed by atoms with van der Waals surface area (Å²) in [4.78, 5) is 15.1. The van der Waals surface area contributed by atoms with Gasteiger partial charge >= 0.3 is 5.97 Å². The minimum Gasteiger partial charge on any atom is -0.465 e. The molecule has 0 atom stereocenters. The Hall–Kier alpha value is -2.30. The number of pyridine rings is 1. The molecule has 0 radical (unpaired) electrons. The van der Waals surface area contributed by atoms with E-state index in [1.807, 2.05) is 0 Å². The summed E-state index contributed by atoms with van der Waals surface area (Å²) in [6, 6.07) is 6.17. The molecular weight excluding hydrogens is 240 g/mol. The lowest BCUT2D eigenvalue weighted by molar-refractivity contribution is 0.0600. The van der Waals surface area contributed by atoms with Crippen molar-refractivity contribution in [3.8, 4) is 11.3 Å². The molecule has 1 aromatic carbocycles. The Morgan fingerprint density at radius 1 is 1.22 bits per heavy atom. The second-order valence-corrected chi connectivity index (χ2v) is 3.55. The molecule has 18 heavy (non-hydrogen) atoms. The van der Waals surface area contributed by atoms with Gasteiger partial charge in [-0.05, 0) is 24.3 Å². The van der Waals surface area contributed by atoms with Crippen LogP contribution < -0.4 is 0 Å². The van der Waals surface area contributed by atoms with Crippen LogP contribution in [0.5, 0.6) is 0 Å². The molecule has 0 aliphatic rings. The first-order valence-corrected chi connectivity index (χ1v) is 5.11. The standard InChI is InChI=1S/C13H9F2NO2/c1-18-13(17)8-2-5-12(16-7-8)10-4-3-9(14)6-11(10)15/h2-7H,1H3. The predicted molar refractivity (Wildman–Crippen MR) is 60.9 cm³/mol. The summed E-state index contributed by atoms with van der Waals surface area (Å²) in [6.45, 7) is 0. The van der Waals surface area contributed by atoms with Crippen LogP contribution in [-0.4, -0.2) is 18.1 Å². The van der Waals surface area contributed by atoms with Crippen LogP contribution in [0.3, 0.4) is 0 Å². The maximum atomic E-state index is 13.5. The van der Waals surface area contributed by atoms with Crippen LogP contribution in [0.25, 0.3) is 11.3 Å². The van der Waals surface area contributed by atoms with Crippen molar-refractivity contribution in [3.05, 3.63) is 53.7 Å². The lowest BCUT2D eigenvalue weighted by Crippen LogP contribution is -2.01. The molecule has 0 N–H and O–H groups in total. The summed E-state index contributed by atoms with van der Waals surface area (Å²) in [5, 5.41) is 0. The second-order valence-electron chi connectivity index (χ2n) is 3.55. The molecule has 0 saturated carbocycles. The van der Waals surface area contributed by atoms with E-state index >= 15 is 0 Å². The third-order valence-corrected chi connectivity index (χ3v) is 2.39. The van der Waals surface area contributed by atoms with E-state index in [-0.39, 0.29) is 11.1 Å². The molecule has 0 unspecified atom stereocenters. The molecule has 0 aliphatic carbocycles. The third kappa shape index (κ3) is 2.34. The highest BCUT2D eigenvalue weighted by molar-refractivity contribution is 5.89. The molecular formula is C13H9F2NO2. The van der Waals surface area contributed by atoms with Crippen molar-refractivity contribution in [1.29, 1.82) is 0 Å². The highest BCUT2D eigenvalue weighted by Gasteiger charge is 2.10. The van der Waals surface area contributed by atoms with E-state index in [1.54, 1.807) is 0 Å². The topological polar surface area (TPSA) is 39.2 Å². The van der Waals surface area contributed by atoms with Crippen LogP contribution in [0, 0.1) is 11.6 Å². The van der Waals surface area contributed by atoms with Gasteiger partial charge in [0.25, 0.3) is 0 Å². The van der Waals surface area contributed by atoms with Gasteiger partial charge in [0, 0.05) is 17.8 Å². The molecule has 0 aliphatic heterocycles. The van der Waals surface area contributed by atoms with Crippen molar-refractivity contribution < 1.29 is 18.3 Å². The summed E-state index contributed by atoms with van der Waals surface area (Å²) in [5.74, 6) is -1.87. The van der Waals surface area contributed by atoms with Gasteiger partial charge in [-0.3, -0.25) is 4.98 Å². The van der Waals surface area contributed by atoms with Crippen LogP contribution >= 0.6 is 0 Å². The number of ether oxygens (including phenoxy) is 1. The first-order valence-electron chi connectivity index (χ1n) is 5.11. The number of aromatic nitrogens is 1. The molecule has 0 bridgehead atoms. The maximum Gasteiger partial charge on any atom is 0.339 e. The van der Waals surface area contributed by atoms with E-state index < -0.39 is 17.6 Å². The van der Waals surface area contributed by atoms with Gasteiger partial charge in [0.05, 0.1) is 18.4 Å². The predicted octanol–water partition coefficient (Wildman–Crippen LogP) is 2.81. The Bertz CT molecular complexity index is 582. The first kappa shape index (κ1) is 12.2. The number of esters is 1. The monoisotopic (exact) mass is 249 g/mol. The molecule has 0 saturated heterocycles. The zero-order valence-corrected chi connectivity index (χ0v) is 9.48. The third-order valence-electron chi connectivity index (χ3n) is 2.39. The Balaban J connectivity index is 2.37. The lowest BCUT2D eigenvalue weighted by atomic mass is 10.1. The van der Waals surface area contributed by atoms with E-state index in [1.165, 1.54) is 31.5 Å². The van der Waals surface area contributed by atoms with Crippen molar-refractivity contribution in [2.45, 2.75) is 0 Å². The zero-order chi connectivity index (χ0) is 13.1. The van der Waals surface area contributed by atoms with Gasteiger partial charge in [0.1, 0.15) is 11.6 Å². The highest BCUT2D eigenvalue weighted by Crippen LogP contribution is 2.21. The number of benzene rings is 1. The molecule has 2 aromatic rings. The van der Waals surface area contributed by atoms with Crippen molar-refractivity contribution in [2.24, 2.45) is 0 Å². The summed E-state index contributed by atoms with van der Waals surface area (Å²) in [7, 11) is 1.26. The molecule has 1 aromatic heterocycles. The number of methoxy groups -OCH3 is 1. The zero-order valence-electron chi connectivity index (χ0n) is 9.48. The molecule has 3 nitrogen and oxygen atoms in total. The number of rotatable bonds is 2. The fraction of sp³-hybridized carbons (Fsp3) is 0.0769. The molecule has 0 spiro atoms. The molecule has 92 valence electrons. The van der Waals surface area contributed by atoms with Gasteiger partial charge in [0.15, 0.2) is 0 Å². The van der Waals surface area contributed by atoms with Gasteiger partial charge in [-0.1, -0.05) is 0 Å². The summed E-state index contributed by atoms with van der Waals surface area (Å²) in [5.41, 5.74) is 0.761. The quantitative estimate of drug-likeness (QED) is 0.768. The SMILES string of the molecule is COC(=O)c1ccc(-c2ccc(F)cc2F)nc1. The average molecular weight is 249 g/mol. The minimum absolute atomic E-state index is 0.174. The largest absolute Gasteiger partial charge is 0.465 e. The summed E-state index contributed by atoms with van der Waals surface area (Å²) >= 11 is 0. The molecule has 2 rings (SSSR count). The number of carbonyl (C=O) groups excluding carboxylic acids is 1.